The topological polar surface area (TPSA) is 25.8 Å². The Bertz CT molecular complexity index is 201. The highest BCUT2D eigenvalue weighted by Crippen LogP contribution is 2.22. The van der Waals surface area contributed by atoms with Gasteiger partial charge >= 0.3 is 0 Å². The minimum atomic E-state index is 0.521. The Kier molecular flexibility index (Phi) is 3.62. The van der Waals surface area contributed by atoms with Gasteiger partial charge in [0.15, 0.2) is 0 Å². The van der Waals surface area contributed by atoms with Crippen LogP contribution >= 0.6 is 43.3 Å². The average Bonchev–Trinajstić information content (AvgIpc) is 2.05. The molecule has 0 saturated heterocycles. The molecule has 1 aromatic rings. The summed E-state index contributed by atoms with van der Waals surface area (Å²) in [4.78, 5) is 7.81. The molecule has 0 aromatic carbocycles. The first kappa shape index (κ1) is 8.46. The van der Waals surface area contributed by atoms with Crippen molar-refractivity contribution >= 4 is 43.3 Å². The van der Waals surface area contributed by atoms with Crippen LogP contribution in [0.1, 0.15) is 0 Å². The minimum absolute atomic E-state index is 0.521. The van der Waals surface area contributed by atoms with Crippen molar-refractivity contribution in [3.8, 4) is 0 Å². The molecule has 1 rings (SSSR count). The molecule has 6 heteroatoms. The molecule has 10 heavy (non-hydrogen) atoms. The summed E-state index contributed by atoms with van der Waals surface area (Å²) in [6.07, 6.45) is 1.61. The van der Waals surface area contributed by atoms with Crippen molar-refractivity contribution in [2.24, 2.45) is 0 Å². The smallest absolute Gasteiger partial charge is 0.204 e. The molecule has 0 spiro atoms. The van der Waals surface area contributed by atoms with E-state index >= 15 is 0 Å². The zero-order chi connectivity index (χ0) is 7.40. The Morgan fingerprint density at radius 2 is 2.10 bits per heavy atom. The van der Waals surface area contributed by atoms with Crippen molar-refractivity contribution in [1.82, 2.24) is 9.97 Å². The van der Waals surface area contributed by atoms with Gasteiger partial charge in [0.25, 0.3) is 0 Å². The normalized spacial score (nSPS) is 9.80. The van der Waals surface area contributed by atoms with Gasteiger partial charge in [0, 0.05) is 28.1 Å². The first-order valence-electron chi connectivity index (χ1n) is 2.27. The van der Waals surface area contributed by atoms with Crippen molar-refractivity contribution in [2.45, 2.75) is 10.2 Å². The fourth-order valence-electron chi connectivity index (χ4n) is 0.405. The molecule has 0 fully saturated rings. The van der Waals surface area contributed by atoms with Crippen LogP contribution in [0.25, 0.3) is 0 Å². The molecule has 1 heterocycles. The Labute approximate surface area is 75.7 Å². The minimum Gasteiger partial charge on any atom is -0.230 e. The van der Waals surface area contributed by atoms with Gasteiger partial charge in [-0.25, -0.2) is 9.97 Å². The first-order valence-corrected chi connectivity index (χ1v) is 5.55. The third kappa shape index (κ3) is 2.20. The van der Waals surface area contributed by atoms with Crippen molar-refractivity contribution in [3.63, 3.8) is 0 Å². The third-order valence-corrected chi connectivity index (χ3v) is 2.36. The summed E-state index contributed by atoms with van der Waals surface area (Å²) in [7, 11) is 12.8. The number of halogens is 2. The average molecular weight is 213 g/mol. The van der Waals surface area contributed by atoms with E-state index in [1.165, 1.54) is 0 Å². The van der Waals surface area contributed by atoms with Crippen LogP contribution in [0.5, 0.6) is 0 Å². The van der Waals surface area contributed by atoms with Gasteiger partial charge in [-0.1, -0.05) is 0 Å². The summed E-state index contributed by atoms with van der Waals surface area (Å²) < 4.78 is 0. The highest BCUT2D eigenvalue weighted by molar-refractivity contribution is 8.21. The standard InChI is InChI=1S/C4H2Cl2N2S2/c5-9-3-1-2-7-4(8-3)10-6/h1-2H. The summed E-state index contributed by atoms with van der Waals surface area (Å²) in [5.41, 5.74) is 0. The van der Waals surface area contributed by atoms with Crippen LogP contribution in [0, 0.1) is 0 Å². The van der Waals surface area contributed by atoms with Crippen LogP contribution < -0.4 is 0 Å². The van der Waals surface area contributed by atoms with Crippen molar-refractivity contribution in [2.75, 3.05) is 0 Å². The molecule has 0 amide bonds. The molecule has 2 nitrogen and oxygen atoms in total. The summed E-state index contributed by atoms with van der Waals surface area (Å²) in [5, 5.41) is 1.23. The number of hydrogen-bond donors (Lipinski definition) is 0. The summed E-state index contributed by atoms with van der Waals surface area (Å²) in [6.45, 7) is 0. The van der Waals surface area contributed by atoms with Crippen LogP contribution in [-0.2, 0) is 0 Å². The fraction of sp³-hybridized carbons (Fsp3) is 0. The van der Waals surface area contributed by atoms with E-state index in [2.05, 4.69) is 9.97 Å². The maximum Gasteiger partial charge on any atom is 0.204 e. The quantitative estimate of drug-likeness (QED) is 0.557. The molecule has 0 aliphatic carbocycles. The second-order valence-corrected chi connectivity index (χ2v) is 3.35. The zero-order valence-corrected chi connectivity index (χ0v) is 7.77. The van der Waals surface area contributed by atoms with Crippen molar-refractivity contribution in [3.05, 3.63) is 12.3 Å². The predicted molar refractivity (Wildman–Crippen MR) is 45.5 cm³/mol. The van der Waals surface area contributed by atoms with Gasteiger partial charge in [-0.15, -0.1) is 0 Å². The van der Waals surface area contributed by atoms with E-state index < -0.39 is 0 Å². The van der Waals surface area contributed by atoms with Crippen molar-refractivity contribution in [1.29, 1.82) is 0 Å². The molecular formula is C4H2Cl2N2S2. The van der Waals surface area contributed by atoms with E-state index in [9.17, 15) is 0 Å². The molecule has 54 valence electrons. The van der Waals surface area contributed by atoms with Gasteiger partial charge in [-0.3, -0.25) is 0 Å². The SMILES string of the molecule is ClSc1ccnc(SCl)n1. The Hall–Kier alpha value is 0.360. The van der Waals surface area contributed by atoms with Crippen LogP contribution in [0.2, 0.25) is 0 Å². The number of aromatic nitrogens is 2. The number of rotatable bonds is 2. The van der Waals surface area contributed by atoms with Crippen LogP contribution in [0.4, 0.5) is 0 Å². The summed E-state index contributed by atoms with van der Waals surface area (Å²) in [5.74, 6) is 0. The van der Waals surface area contributed by atoms with Crippen LogP contribution in [0.3, 0.4) is 0 Å². The third-order valence-electron chi connectivity index (χ3n) is 0.756. The molecule has 0 aliphatic rings. The molecule has 0 radical (unpaired) electrons. The highest BCUT2D eigenvalue weighted by Gasteiger charge is 1.96. The molecule has 0 unspecified atom stereocenters. The van der Waals surface area contributed by atoms with E-state index in [4.69, 9.17) is 21.4 Å². The zero-order valence-electron chi connectivity index (χ0n) is 4.62. The number of nitrogens with zero attached hydrogens (tertiary/aromatic N) is 2. The van der Waals surface area contributed by atoms with E-state index in [0.717, 1.165) is 22.0 Å². The second kappa shape index (κ2) is 4.28. The molecule has 0 bridgehead atoms. The lowest BCUT2D eigenvalue weighted by Gasteiger charge is -1.92. The molecule has 1 aromatic heterocycles. The van der Waals surface area contributed by atoms with Gasteiger partial charge in [0.1, 0.15) is 5.03 Å². The fourth-order valence-corrected chi connectivity index (χ4v) is 1.41. The predicted octanol–water partition coefficient (Wildman–Crippen LogP) is 2.97. The van der Waals surface area contributed by atoms with E-state index in [-0.39, 0.29) is 0 Å². The lowest BCUT2D eigenvalue weighted by molar-refractivity contribution is 0.898. The first-order chi connectivity index (χ1) is 4.86. The molecule has 0 saturated carbocycles. The Balaban J connectivity index is 2.87. The monoisotopic (exact) mass is 212 g/mol. The van der Waals surface area contributed by atoms with Gasteiger partial charge in [-0.2, -0.15) is 0 Å². The summed E-state index contributed by atoms with van der Waals surface area (Å²) >= 11 is 0. The molecule has 0 N–H and O–H groups in total. The van der Waals surface area contributed by atoms with Crippen LogP contribution in [0.15, 0.2) is 22.4 Å². The van der Waals surface area contributed by atoms with Gasteiger partial charge in [0.05, 0.1) is 0 Å². The van der Waals surface area contributed by atoms with Gasteiger partial charge < -0.3 is 0 Å². The van der Waals surface area contributed by atoms with E-state index in [1.807, 2.05) is 0 Å². The number of hydrogen-bond acceptors (Lipinski definition) is 4. The Morgan fingerprint density at radius 3 is 2.70 bits per heavy atom. The van der Waals surface area contributed by atoms with Crippen LogP contribution in [-0.4, -0.2) is 9.97 Å². The maximum atomic E-state index is 5.43. The molecule has 0 aliphatic heterocycles. The summed E-state index contributed by atoms with van der Waals surface area (Å²) in [6, 6.07) is 1.72. The lowest BCUT2D eigenvalue weighted by Crippen LogP contribution is -1.83. The highest BCUT2D eigenvalue weighted by atomic mass is 35.7. The lowest BCUT2D eigenvalue weighted by atomic mass is 10.7. The van der Waals surface area contributed by atoms with Crippen molar-refractivity contribution < 1.29 is 0 Å². The van der Waals surface area contributed by atoms with Gasteiger partial charge in [0.2, 0.25) is 5.16 Å². The van der Waals surface area contributed by atoms with E-state index in [1.54, 1.807) is 12.3 Å². The van der Waals surface area contributed by atoms with Gasteiger partial charge in [-0.05, 0) is 27.4 Å². The van der Waals surface area contributed by atoms with E-state index in [0.29, 0.717) is 10.2 Å². The maximum absolute atomic E-state index is 5.43. The molecule has 0 atom stereocenters. The largest absolute Gasteiger partial charge is 0.230 e. The Morgan fingerprint density at radius 1 is 1.30 bits per heavy atom. The molecular weight excluding hydrogens is 211 g/mol. The second-order valence-electron chi connectivity index (χ2n) is 1.33.